The molecule has 0 spiro atoms. The van der Waals surface area contributed by atoms with Crippen LogP contribution in [0, 0.1) is 23.3 Å². The van der Waals surface area contributed by atoms with Gasteiger partial charge in [0.15, 0.2) is 23.3 Å². The zero-order valence-corrected chi connectivity index (χ0v) is 13.0. The van der Waals surface area contributed by atoms with E-state index in [1.54, 1.807) is 0 Å². The van der Waals surface area contributed by atoms with Gasteiger partial charge in [-0.3, -0.25) is 0 Å². The van der Waals surface area contributed by atoms with Crippen LogP contribution in [0.5, 0.6) is 0 Å². The van der Waals surface area contributed by atoms with Gasteiger partial charge in [-0.05, 0) is 12.8 Å². The van der Waals surface area contributed by atoms with Gasteiger partial charge in [0, 0.05) is 26.3 Å². The lowest BCUT2D eigenvalue weighted by molar-refractivity contribution is 0.150. The molecule has 0 atom stereocenters. The van der Waals surface area contributed by atoms with E-state index in [0.29, 0.717) is 0 Å². The highest BCUT2D eigenvalue weighted by Gasteiger charge is 2.33. The van der Waals surface area contributed by atoms with Gasteiger partial charge in [-0.15, -0.1) is 0 Å². The second-order valence-corrected chi connectivity index (χ2v) is 7.23. The first-order chi connectivity index (χ1) is 10.3. The molecule has 126 valence electrons. The Hall–Kier alpha value is -1.23. The maximum Gasteiger partial charge on any atom is 0.497 e. The lowest BCUT2D eigenvalue weighted by Crippen LogP contribution is -2.40. The maximum atomic E-state index is 13.7. The number of hydrogen-bond acceptors (Lipinski definition) is 4. The van der Waals surface area contributed by atoms with Crippen molar-refractivity contribution in [1.82, 2.24) is 0 Å². The number of unbranched alkanes of at least 4 members (excludes halogenated alkanes) is 1. The minimum Gasteiger partial charge on any atom is -0.390 e. The fourth-order valence-corrected chi connectivity index (χ4v) is 3.02. The van der Waals surface area contributed by atoms with E-state index in [-0.39, 0.29) is 30.1 Å². The molecular weight excluding hydrogens is 329 g/mol. The van der Waals surface area contributed by atoms with Gasteiger partial charge in [0.1, 0.15) is 5.69 Å². The average molecular weight is 345 g/mol. The van der Waals surface area contributed by atoms with Crippen molar-refractivity contribution in [1.29, 1.82) is 0 Å². The molecule has 0 aliphatic carbocycles. The Morgan fingerprint density at radius 2 is 1.64 bits per heavy atom. The van der Waals surface area contributed by atoms with Gasteiger partial charge < -0.3 is 13.6 Å². The highest BCUT2D eigenvalue weighted by molar-refractivity contribution is 6.59. The topological polar surface area (TPSA) is 41.9 Å². The molecule has 0 saturated carbocycles. The van der Waals surface area contributed by atoms with Crippen LogP contribution in [0.2, 0.25) is 6.04 Å². The summed E-state index contributed by atoms with van der Waals surface area (Å²) in [6.45, 7) is -0.403. The minimum atomic E-state index is -3.27. The summed E-state index contributed by atoms with van der Waals surface area (Å²) in [6.07, 6.45) is 0.400. The molecule has 10 heteroatoms. The van der Waals surface area contributed by atoms with Crippen molar-refractivity contribution in [2.45, 2.75) is 18.9 Å². The van der Waals surface area contributed by atoms with Crippen LogP contribution in [-0.2, 0) is 8.85 Å². The molecule has 1 rings (SSSR count). The van der Waals surface area contributed by atoms with Crippen LogP contribution in [0.15, 0.2) is 6.07 Å². The van der Waals surface area contributed by atoms with Crippen LogP contribution in [-0.4, -0.2) is 34.4 Å². The first-order valence-corrected chi connectivity index (χ1v) is 8.31. The van der Waals surface area contributed by atoms with Gasteiger partial charge in [0.25, 0.3) is 0 Å². The number of halogens is 5. The van der Waals surface area contributed by atoms with Gasteiger partial charge in [-0.2, -0.15) is 0 Å². The van der Waals surface area contributed by atoms with Crippen LogP contribution in [0.3, 0.4) is 0 Å². The average Bonchev–Trinajstić information content (AvgIpc) is 2.52. The van der Waals surface area contributed by atoms with Crippen molar-refractivity contribution in [3.63, 3.8) is 0 Å². The normalized spacial score (nSPS) is 11.8. The third-order valence-electron chi connectivity index (χ3n) is 3.08. The predicted octanol–water partition coefficient (Wildman–Crippen LogP) is 2.94. The van der Waals surface area contributed by atoms with E-state index in [9.17, 15) is 26.8 Å². The van der Waals surface area contributed by atoms with E-state index in [4.69, 9.17) is 8.85 Å². The standard InChI is InChI=1S/C12H16F5NO3Si/c1-20-22(19,21-2)6-4-3-5-18(17)9-7-8(13)10(14)12(16)11(9)15/h7,19H,3-6H2,1-2H3. The van der Waals surface area contributed by atoms with E-state index < -0.39 is 44.3 Å². The van der Waals surface area contributed by atoms with Gasteiger partial charge >= 0.3 is 8.80 Å². The summed E-state index contributed by atoms with van der Waals surface area (Å²) in [5.74, 6) is -7.55. The van der Waals surface area contributed by atoms with Crippen LogP contribution < -0.4 is 5.12 Å². The second-order valence-electron chi connectivity index (χ2n) is 4.48. The SMILES string of the molecule is CO[Si](O)(CCCCN(F)c1cc(F)c(F)c(F)c1F)OC. The van der Waals surface area contributed by atoms with E-state index in [0.717, 1.165) is 0 Å². The van der Waals surface area contributed by atoms with Crippen molar-refractivity contribution in [2.75, 3.05) is 25.9 Å². The summed E-state index contributed by atoms with van der Waals surface area (Å²) in [5, 5.41) is -0.221. The third-order valence-corrected chi connectivity index (χ3v) is 5.34. The Morgan fingerprint density at radius 1 is 1.05 bits per heavy atom. The molecular formula is C12H16F5NO3Si. The summed E-state index contributed by atoms with van der Waals surface area (Å²) < 4.78 is 75.4. The summed E-state index contributed by atoms with van der Waals surface area (Å²) >= 11 is 0. The molecule has 0 aliphatic rings. The van der Waals surface area contributed by atoms with E-state index in [2.05, 4.69) is 0 Å². The van der Waals surface area contributed by atoms with Gasteiger partial charge in [0.2, 0.25) is 0 Å². The van der Waals surface area contributed by atoms with Crippen LogP contribution in [0.4, 0.5) is 27.7 Å². The van der Waals surface area contributed by atoms with Gasteiger partial charge in [-0.25, -0.2) is 22.7 Å². The number of anilines is 1. The first kappa shape index (κ1) is 18.8. The van der Waals surface area contributed by atoms with Crippen molar-refractivity contribution in [3.8, 4) is 0 Å². The zero-order chi connectivity index (χ0) is 16.9. The monoisotopic (exact) mass is 345 g/mol. The largest absolute Gasteiger partial charge is 0.497 e. The molecule has 0 saturated heterocycles. The summed E-state index contributed by atoms with van der Waals surface area (Å²) in [7, 11) is -0.721. The molecule has 0 aliphatic heterocycles. The molecule has 1 aromatic carbocycles. The highest BCUT2D eigenvalue weighted by Crippen LogP contribution is 2.26. The van der Waals surface area contributed by atoms with Crippen molar-refractivity contribution in [3.05, 3.63) is 29.3 Å². The van der Waals surface area contributed by atoms with E-state index in [1.807, 2.05) is 0 Å². The molecule has 0 amide bonds. The highest BCUT2D eigenvalue weighted by atomic mass is 28.4. The number of hydrogen-bond donors (Lipinski definition) is 1. The molecule has 0 unspecified atom stereocenters. The summed E-state index contributed by atoms with van der Waals surface area (Å²) in [4.78, 5) is 9.74. The molecule has 1 aromatic rings. The molecule has 22 heavy (non-hydrogen) atoms. The van der Waals surface area contributed by atoms with Crippen molar-refractivity contribution in [2.24, 2.45) is 0 Å². The Morgan fingerprint density at radius 3 is 2.18 bits per heavy atom. The van der Waals surface area contributed by atoms with Crippen molar-refractivity contribution < 1.29 is 35.7 Å². The smallest absolute Gasteiger partial charge is 0.390 e. The quantitative estimate of drug-likeness (QED) is 0.196. The summed E-state index contributed by atoms with van der Waals surface area (Å²) in [6, 6.07) is 0.381. The number of rotatable bonds is 8. The fraction of sp³-hybridized carbons (Fsp3) is 0.500. The lowest BCUT2D eigenvalue weighted by Gasteiger charge is -2.20. The van der Waals surface area contributed by atoms with Crippen LogP contribution >= 0.6 is 0 Å². The molecule has 1 N–H and O–H groups in total. The Bertz CT molecular complexity index is 516. The molecule has 0 bridgehead atoms. The molecule has 0 aromatic heterocycles. The number of benzene rings is 1. The van der Waals surface area contributed by atoms with E-state index >= 15 is 0 Å². The summed E-state index contributed by atoms with van der Waals surface area (Å²) in [5.41, 5.74) is -1.03. The molecule has 0 heterocycles. The van der Waals surface area contributed by atoms with Crippen LogP contribution in [0.25, 0.3) is 0 Å². The minimum absolute atomic E-state index is 0.124. The maximum absolute atomic E-state index is 13.7. The Labute approximate surface area is 125 Å². The molecule has 0 radical (unpaired) electrons. The molecule has 4 nitrogen and oxygen atoms in total. The predicted molar refractivity (Wildman–Crippen MR) is 70.8 cm³/mol. The fourth-order valence-electron chi connectivity index (χ4n) is 1.74. The lowest BCUT2D eigenvalue weighted by atomic mass is 10.2. The zero-order valence-electron chi connectivity index (χ0n) is 12.0. The van der Waals surface area contributed by atoms with Crippen molar-refractivity contribution >= 4 is 14.5 Å². The molecule has 0 fully saturated rings. The van der Waals surface area contributed by atoms with Gasteiger partial charge in [-0.1, -0.05) is 4.48 Å². The third kappa shape index (κ3) is 4.38. The Balaban J connectivity index is 2.62. The van der Waals surface area contributed by atoms with E-state index in [1.165, 1.54) is 14.2 Å². The number of nitrogens with zero attached hydrogens (tertiary/aromatic N) is 1. The second kappa shape index (κ2) is 7.86. The first-order valence-electron chi connectivity index (χ1n) is 6.34. The van der Waals surface area contributed by atoms with Crippen LogP contribution in [0.1, 0.15) is 12.8 Å². The van der Waals surface area contributed by atoms with Gasteiger partial charge in [0.05, 0.1) is 6.54 Å². The Kier molecular flexibility index (Phi) is 6.72.